The van der Waals surface area contributed by atoms with Gasteiger partial charge in [0.05, 0.1) is 17.8 Å². The Morgan fingerprint density at radius 2 is 1.66 bits per heavy atom. The molecule has 0 atom stereocenters. The Morgan fingerprint density at radius 3 is 2.26 bits per heavy atom. The van der Waals surface area contributed by atoms with E-state index in [1.54, 1.807) is 26.0 Å². The fraction of sp³-hybridized carbons (Fsp3) is 0.280. The van der Waals surface area contributed by atoms with E-state index in [-0.39, 0.29) is 25.3 Å². The molecule has 0 fully saturated rings. The van der Waals surface area contributed by atoms with Crippen LogP contribution < -0.4 is 5.32 Å². The number of carbonyl (C=O) groups excluding carboxylic acids is 2. The molecule has 0 unspecified atom stereocenters. The van der Waals surface area contributed by atoms with Crippen LogP contribution in [0.25, 0.3) is 0 Å². The summed E-state index contributed by atoms with van der Waals surface area (Å²) in [6.07, 6.45) is -4.64. The lowest BCUT2D eigenvalue weighted by atomic mass is 10.1. The van der Waals surface area contributed by atoms with Gasteiger partial charge in [0, 0.05) is 17.5 Å². The second-order valence-electron chi connectivity index (χ2n) is 8.15. The minimum Gasteiger partial charge on any atom is -0.332 e. The molecule has 0 aliphatic heterocycles. The van der Waals surface area contributed by atoms with Crippen LogP contribution in [-0.4, -0.2) is 34.3 Å². The number of amides is 3. The molecule has 1 N–H and O–H groups in total. The third-order valence-corrected chi connectivity index (χ3v) is 6.09. The maximum atomic E-state index is 13.3. The van der Waals surface area contributed by atoms with Gasteiger partial charge in [-0.1, -0.05) is 30.3 Å². The number of rotatable bonds is 8. The van der Waals surface area contributed by atoms with Gasteiger partial charge >= 0.3 is 12.2 Å². The molecule has 5 nitrogen and oxygen atoms in total. The smallest absolute Gasteiger partial charge is 0.332 e. The zero-order valence-electron chi connectivity index (χ0n) is 19.2. The number of nitrogens with one attached hydrogen (secondary N) is 1. The maximum absolute atomic E-state index is 13.3. The highest BCUT2D eigenvalue weighted by molar-refractivity contribution is 7.09. The van der Waals surface area contributed by atoms with Gasteiger partial charge in [0.2, 0.25) is 5.91 Å². The van der Waals surface area contributed by atoms with Gasteiger partial charge in [0.15, 0.2) is 0 Å². The summed E-state index contributed by atoms with van der Waals surface area (Å²) in [6.45, 7) is 3.46. The van der Waals surface area contributed by atoms with Gasteiger partial charge in [-0.05, 0) is 55.1 Å². The Balaban J connectivity index is 1.79. The standard InChI is InChI=1S/C25H25F4N3O2S/c1-17(2)32(24(34)30-22-8-4-3-7-21(22)25(27,28)29)16-23(33)31(15-20-6-5-13-35-20)14-18-9-11-19(26)12-10-18/h3-13,17H,14-16H2,1-2H3,(H,30,34). The number of carbonyl (C=O) groups is 2. The summed E-state index contributed by atoms with van der Waals surface area (Å²) in [7, 11) is 0. The van der Waals surface area contributed by atoms with Gasteiger partial charge in [-0.3, -0.25) is 4.79 Å². The van der Waals surface area contributed by atoms with E-state index >= 15 is 0 Å². The number of nitrogens with zero attached hydrogens (tertiary/aromatic N) is 2. The van der Waals surface area contributed by atoms with E-state index in [2.05, 4.69) is 5.32 Å². The van der Waals surface area contributed by atoms with Crippen LogP contribution in [0.15, 0.2) is 66.0 Å². The van der Waals surface area contributed by atoms with Crippen LogP contribution in [0.4, 0.5) is 28.0 Å². The van der Waals surface area contributed by atoms with E-state index in [9.17, 15) is 27.2 Å². The summed E-state index contributed by atoms with van der Waals surface area (Å²) in [5.41, 5.74) is -0.653. The highest BCUT2D eigenvalue weighted by Gasteiger charge is 2.34. The molecule has 0 spiro atoms. The van der Waals surface area contributed by atoms with Gasteiger partial charge in [0.25, 0.3) is 0 Å². The van der Waals surface area contributed by atoms with Crippen molar-refractivity contribution in [3.8, 4) is 0 Å². The molecule has 35 heavy (non-hydrogen) atoms. The van der Waals surface area contributed by atoms with Crippen LogP contribution >= 0.6 is 11.3 Å². The van der Waals surface area contributed by atoms with Crippen LogP contribution in [0.3, 0.4) is 0 Å². The molecular weight excluding hydrogens is 482 g/mol. The number of urea groups is 1. The van der Waals surface area contributed by atoms with Crippen molar-refractivity contribution in [2.24, 2.45) is 0 Å². The lowest BCUT2D eigenvalue weighted by molar-refractivity contribution is -0.137. The lowest BCUT2D eigenvalue weighted by Gasteiger charge is -2.30. The third kappa shape index (κ3) is 7.29. The molecule has 0 aliphatic rings. The first-order chi connectivity index (χ1) is 16.5. The molecule has 2 aromatic carbocycles. The first kappa shape index (κ1) is 26.2. The number of halogens is 4. The number of anilines is 1. The van der Waals surface area contributed by atoms with Crippen molar-refractivity contribution in [3.05, 3.63) is 87.9 Å². The Bertz CT molecular complexity index is 1130. The van der Waals surface area contributed by atoms with E-state index in [0.717, 1.165) is 10.9 Å². The summed E-state index contributed by atoms with van der Waals surface area (Å²) in [5.74, 6) is -0.789. The van der Waals surface area contributed by atoms with Crippen molar-refractivity contribution in [1.29, 1.82) is 0 Å². The van der Waals surface area contributed by atoms with Crippen molar-refractivity contribution >= 4 is 29.0 Å². The molecular formula is C25H25F4N3O2S. The van der Waals surface area contributed by atoms with Crippen molar-refractivity contribution in [2.45, 2.75) is 39.2 Å². The molecule has 10 heteroatoms. The Labute approximate surface area is 205 Å². The predicted octanol–water partition coefficient (Wildman–Crippen LogP) is 6.38. The zero-order chi connectivity index (χ0) is 25.6. The molecule has 0 saturated heterocycles. The summed E-state index contributed by atoms with van der Waals surface area (Å²) in [6, 6.07) is 12.9. The molecule has 1 aromatic heterocycles. The second kappa shape index (κ2) is 11.4. The van der Waals surface area contributed by atoms with Crippen molar-refractivity contribution < 1.29 is 27.2 Å². The Kier molecular flexibility index (Phi) is 8.50. The summed E-state index contributed by atoms with van der Waals surface area (Å²) >= 11 is 1.47. The zero-order valence-corrected chi connectivity index (χ0v) is 20.0. The number of hydrogen-bond acceptors (Lipinski definition) is 3. The summed E-state index contributed by atoms with van der Waals surface area (Å²) < 4.78 is 53.3. The minimum absolute atomic E-state index is 0.182. The quantitative estimate of drug-likeness (QED) is 0.360. The van der Waals surface area contributed by atoms with Crippen molar-refractivity contribution in [2.75, 3.05) is 11.9 Å². The van der Waals surface area contributed by atoms with E-state index in [0.29, 0.717) is 5.56 Å². The highest BCUT2D eigenvalue weighted by atomic mass is 32.1. The van der Waals surface area contributed by atoms with Crippen LogP contribution in [0.1, 0.15) is 29.9 Å². The van der Waals surface area contributed by atoms with Crippen LogP contribution in [0, 0.1) is 5.82 Å². The SMILES string of the molecule is CC(C)N(CC(=O)N(Cc1ccc(F)cc1)Cc1cccs1)C(=O)Nc1ccccc1C(F)(F)F. The highest BCUT2D eigenvalue weighted by Crippen LogP contribution is 2.34. The topological polar surface area (TPSA) is 52.7 Å². The van der Waals surface area contributed by atoms with E-state index in [1.807, 2.05) is 17.5 Å². The number of alkyl halides is 3. The lowest BCUT2D eigenvalue weighted by Crippen LogP contribution is -2.47. The van der Waals surface area contributed by atoms with Gasteiger partial charge in [0.1, 0.15) is 12.4 Å². The third-order valence-electron chi connectivity index (χ3n) is 5.23. The first-order valence-electron chi connectivity index (χ1n) is 10.8. The molecule has 0 aliphatic carbocycles. The monoisotopic (exact) mass is 507 g/mol. The first-order valence-corrected chi connectivity index (χ1v) is 11.7. The van der Waals surface area contributed by atoms with Gasteiger partial charge in [-0.15, -0.1) is 11.3 Å². The molecule has 3 aromatic rings. The van der Waals surface area contributed by atoms with E-state index < -0.39 is 35.5 Å². The van der Waals surface area contributed by atoms with E-state index in [1.165, 1.54) is 51.5 Å². The summed E-state index contributed by atoms with van der Waals surface area (Å²) in [4.78, 5) is 29.9. The number of benzene rings is 2. The average Bonchev–Trinajstić information content (AvgIpc) is 3.31. The van der Waals surface area contributed by atoms with Gasteiger partial charge < -0.3 is 15.1 Å². The molecule has 0 radical (unpaired) electrons. The molecule has 0 bridgehead atoms. The largest absolute Gasteiger partial charge is 0.418 e. The van der Waals surface area contributed by atoms with Crippen LogP contribution in [0.2, 0.25) is 0 Å². The molecule has 3 rings (SSSR count). The molecule has 0 saturated carbocycles. The summed E-state index contributed by atoms with van der Waals surface area (Å²) in [5, 5.41) is 4.18. The van der Waals surface area contributed by atoms with Crippen LogP contribution in [-0.2, 0) is 24.1 Å². The minimum atomic E-state index is -4.64. The van der Waals surface area contributed by atoms with E-state index in [4.69, 9.17) is 0 Å². The Morgan fingerprint density at radius 1 is 0.971 bits per heavy atom. The molecule has 186 valence electrons. The fourth-order valence-corrected chi connectivity index (χ4v) is 4.11. The molecule has 3 amide bonds. The molecule has 1 heterocycles. The normalized spacial score (nSPS) is 11.4. The predicted molar refractivity (Wildman–Crippen MR) is 127 cm³/mol. The van der Waals surface area contributed by atoms with Crippen molar-refractivity contribution in [3.63, 3.8) is 0 Å². The number of hydrogen-bond donors (Lipinski definition) is 1. The fourth-order valence-electron chi connectivity index (χ4n) is 3.39. The van der Waals surface area contributed by atoms with Gasteiger partial charge in [-0.25, -0.2) is 9.18 Å². The number of para-hydroxylation sites is 1. The van der Waals surface area contributed by atoms with Crippen LogP contribution in [0.5, 0.6) is 0 Å². The maximum Gasteiger partial charge on any atom is 0.418 e. The second-order valence-corrected chi connectivity index (χ2v) is 9.18. The van der Waals surface area contributed by atoms with Crippen molar-refractivity contribution in [1.82, 2.24) is 9.80 Å². The average molecular weight is 508 g/mol. The van der Waals surface area contributed by atoms with Gasteiger partial charge in [-0.2, -0.15) is 13.2 Å². The number of thiophene rings is 1. The Hall–Kier alpha value is -3.40.